The number of rotatable bonds is 4. The summed E-state index contributed by atoms with van der Waals surface area (Å²) < 4.78 is 25.7. The highest BCUT2D eigenvalue weighted by Crippen LogP contribution is 2.20. The minimum atomic E-state index is -3.25. The summed E-state index contributed by atoms with van der Waals surface area (Å²) in [5, 5.41) is 0. The van der Waals surface area contributed by atoms with Crippen molar-refractivity contribution in [1.29, 1.82) is 0 Å². The highest BCUT2D eigenvalue weighted by molar-refractivity contribution is 9.10. The summed E-state index contributed by atoms with van der Waals surface area (Å²) in [5.74, 6) is -0.108. The normalized spacial score (nSPS) is 19.5. The third-order valence-electron chi connectivity index (χ3n) is 3.42. The minimum Gasteiger partial charge on any atom is -0.334 e. The maximum Gasteiger partial charge on any atom is 0.255 e. The fourth-order valence-corrected chi connectivity index (χ4v) is 3.28. The number of carbonyl (C=O) groups is 1. The molecular weight excluding hydrogens is 358 g/mol. The lowest BCUT2D eigenvalue weighted by Crippen LogP contribution is -2.49. The summed E-state index contributed by atoms with van der Waals surface area (Å²) in [6, 6.07) is 1.62. The highest BCUT2D eigenvalue weighted by atomic mass is 79.9. The lowest BCUT2D eigenvalue weighted by atomic mass is 10.0. The Hall–Kier alpha value is -0.990. The van der Waals surface area contributed by atoms with Crippen molar-refractivity contribution < 1.29 is 13.2 Å². The van der Waals surface area contributed by atoms with E-state index in [1.165, 1.54) is 6.20 Å². The first-order valence-electron chi connectivity index (χ1n) is 6.73. The van der Waals surface area contributed by atoms with Crippen LogP contribution >= 0.6 is 15.9 Å². The summed E-state index contributed by atoms with van der Waals surface area (Å²) in [5.41, 5.74) is 0.510. The molecule has 0 radical (unpaired) electrons. The second-order valence-corrected chi connectivity index (χ2v) is 7.91. The summed E-state index contributed by atoms with van der Waals surface area (Å²) in [6.45, 7) is 0.896. The third kappa shape index (κ3) is 4.76. The predicted molar refractivity (Wildman–Crippen MR) is 83.5 cm³/mol. The van der Waals surface area contributed by atoms with Crippen LogP contribution in [0.4, 0.5) is 0 Å². The molecular formula is C13H18BrN3O3S. The van der Waals surface area contributed by atoms with E-state index < -0.39 is 10.0 Å². The maximum absolute atomic E-state index is 12.6. The Bertz CT molecular complexity index is 621. The van der Waals surface area contributed by atoms with Crippen molar-refractivity contribution in [3.8, 4) is 0 Å². The molecule has 116 valence electrons. The number of hydrogen-bond donors (Lipinski definition) is 1. The molecule has 1 aliphatic heterocycles. The predicted octanol–water partition coefficient (Wildman–Crippen LogP) is 1.39. The fraction of sp³-hybridized carbons (Fsp3) is 0.538. The molecule has 1 saturated heterocycles. The molecule has 0 saturated carbocycles. The Morgan fingerprint density at radius 2 is 2.24 bits per heavy atom. The van der Waals surface area contributed by atoms with E-state index in [-0.39, 0.29) is 18.5 Å². The van der Waals surface area contributed by atoms with Crippen molar-refractivity contribution in [3.63, 3.8) is 0 Å². The molecule has 8 heteroatoms. The molecule has 0 spiro atoms. The van der Waals surface area contributed by atoms with Crippen LogP contribution in [0.3, 0.4) is 0 Å². The number of halogens is 1. The number of hydrogen-bond acceptors (Lipinski definition) is 4. The van der Waals surface area contributed by atoms with Crippen molar-refractivity contribution in [2.24, 2.45) is 0 Å². The zero-order chi connectivity index (χ0) is 15.5. The number of amides is 1. The standard InChI is InChI=1S/C13H18BrN3O3S/c1-21(19,20)16-9-12-4-2-3-5-17(12)13(18)10-6-11(14)8-15-7-10/h6-8,12,16H,2-5,9H2,1H3. The van der Waals surface area contributed by atoms with E-state index in [4.69, 9.17) is 0 Å². The average Bonchev–Trinajstić information content (AvgIpc) is 2.44. The number of sulfonamides is 1. The van der Waals surface area contributed by atoms with Crippen LogP contribution in [-0.4, -0.2) is 49.6 Å². The topological polar surface area (TPSA) is 79.4 Å². The Morgan fingerprint density at radius 3 is 2.90 bits per heavy atom. The molecule has 1 unspecified atom stereocenters. The van der Waals surface area contributed by atoms with Gasteiger partial charge in [0.05, 0.1) is 11.8 Å². The number of nitrogens with one attached hydrogen (secondary N) is 1. The van der Waals surface area contributed by atoms with Crippen molar-refractivity contribution in [2.45, 2.75) is 25.3 Å². The first-order chi connectivity index (χ1) is 9.87. The molecule has 6 nitrogen and oxygen atoms in total. The van der Waals surface area contributed by atoms with Gasteiger partial charge in [-0.15, -0.1) is 0 Å². The van der Waals surface area contributed by atoms with Gasteiger partial charge in [0.1, 0.15) is 0 Å². The van der Waals surface area contributed by atoms with Gasteiger partial charge in [0.15, 0.2) is 0 Å². The first kappa shape index (κ1) is 16.4. The third-order valence-corrected chi connectivity index (χ3v) is 4.55. The van der Waals surface area contributed by atoms with E-state index in [0.717, 1.165) is 30.0 Å². The summed E-state index contributed by atoms with van der Waals surface area (Å²) >= 11 is 3.30. The lowest BCUT2D eigenvalue weighted by Gasteiger charge is -2.35. The van der Waals surface area contributed by atoms with Gasteiger partial charge in [0.2, 0.25) is 10.0 Å². The molecule has 1 amide bonds. The number of carbonyl (C=O) groups excluding carboxylic acids is 1. The van der Waals surface area contributed by atoms with Crippen LogP contribution in [0.25, 0.3) is 0 Å². The van der Waals surface area contributed by atoms with Gasteiger partial charge in [0.25, 0.3) is 5.91 Å². The van der Waals surface area contributed by atoms with Crippen LogP contribution in [-0.2, 0) is 10.0 Å². The van der Waals surface area contributed by atoms with Crippen molar-refractivity contribution in [3.05, 3.63) is 28.5 Å². The Balaban J connectivity index is 2.12. The molecule has 21 heavy (non-hydrogen) atoms. The highest BCUT2D eigenvalue weighted by Gasteiger charge is 2.28. The van der Waals surface area contributed by atoms with E-state index in [9.17, 15) is 13.2 Å². The smallest absolute Gasteiger partial charge is 0.255 e. The Morgan fingerprint density at radius 1 is 1.48 bits per heavy atom. The summed E-state index contributed by atoms with van der Waals surface area (Å²) in [7, 11) is -3.25. The minimum absolute atomic E-state index is 0.108. The van der Waals surface area contributed by atoms with E-state index in [0.29, 0.717) is 12.1 Å². The summed E-state index contributed by atoms with van der Waals surface area (Å²) in [6.07, 6.45) is 7.01. The second-order valence-electron chi connectivity index (χ2n) is 5.16. The van der Waals surface area contributed by atoms with Gasteiger partial charge in [-0.2, -0.15) is 0 Å². The quantitative estimate of drug-likeness (QED) is 0.861. The molecule has 1 fully saturated rings. The first-order valence-corrected chi connectivity index (χ1v) is 9.41. The van der Waals surface area contributed by atoms with Crippen LogP contribution in [0.15, 0.2) is 22.9 Å². The second kappa shape index (κ2) is 6.85. The zero-order valence-corrected chi connectivity index (χ0v) is 14.2. The Kier molecular flexibility index (Phi) is 5.34. The molecule has 1 aliphatic rings. The van der Waals surface area contributed by atoms with Gasteiger partial charge >= 0.3 is 0 Å². The lowest BCUT2D eigenvalue weighted by molar-refractivity contribution is 0.0618. The molecule has 1 aromatic heterocycles. The maximum atomic E-state index is 12.6. The molecule has 1 N–H and O–H groups in total. The van der Waals surface area contributed by atoms with E-state index in [1.54, 1.807) is 17.2 Å². The Labute approximate surface area is 133 Å². The molecule has 2 heterocycles. The van der Waals surface area contributed by atoms with Gasteiger partial charge in [-0.25, -0.2) is 13.1 Å². The van der Waals surface area contributed by atoms with Gasteiger partial charge in [-0.05, 0) is 41.3 Å². The van der Waals surface area contributed by atoms with Gasteiger partial charge in [-0.1, -0.05) is 0 Å². The van der Waals surface area contributed by atoms with Crippen LogP contribution in [0, 0.1) is 0 Å². The van der Waals surface area contributed by atoms with Gasteiger partial charge < -0.3 is 4.90 Å². The van der Waals surface area contributed by atoms with Crippen molar-refractivity contribution >= 4 is 31.9 Å². The largest absolute Gasteiger partial charge is 0.334 e. The van der Waals surface area contributed by atoms with Crippen molar-refractivity contribution in [1.82, 2.24) is 14.6 Å². The van der Waals surface area contributed by atoms with Crippen LogP contribution in [0.5, 0.6) is 0 Å². The number of piperidine rings is 1. The average molecular weight is 376 g/mol. The number of likely N-dealkylation sites (tertiary alicyclic amines) is 1. The SMILES string of the molecule is CS(=O)(=O)NCC1CCCCN1C(=O)c1cncc(Br)c1. The zero-order valence-electron chi connectivity index (χ0n) is 11.8. The summed E-state index contributed by atoms with van der Waals surface area (Å²) in [4.78, 5) is 18.3. The van der Waals surface area contributed by atoms with E-state index in [1.807, 2.05) is 0 Å². The van der Waals surface area contributed by atoms with Crippen LogP contribution in [0.1, 0.15) is 29.6 Å². The van der Waals surface area contributed by atoms with Gasteiger partial charge in [0, 0.05) is 36.0 Å². The monoisotopic (exact) mass is 375 g/mol. The van der Waals surface area contributed by atoms with Crippen LogP contribution < -0.4 is 4.72 Å². The van der Waals surface area contributed by atoms with Crippen LogP contribution in [0.2, 0.25) is 0 Å². The molecule has 0 aromatic carbocycles. The van der Waals surface area contributed by atoms with E-state index in [2.05, 4.69) is 25.6 Å². The van der Waals surface area contributed by atoms with Crippen molar-refractivity contribution in [2.75, 3.05) is 19.3 Å². The number of pyridine rings is 1. The number of aromatic nitrogens is 1. The molecule has 2 rings (SSSR count). The van der Waals surface area contributed by atoms with E-state index >= 15 is 0 Å². The molecule has 1 atom stereocenters. The molecule has 1 aromatic rings. The molecule has 0 aliphatic carbocycles. The fourth-order valence-electron chi connectivity index (χ4n) is 2.42. The molecule has 0 bridgehead atoms. The van der Waals surface area contributed by atoms with Gasteiger partial charge in [-0.3, -0.25) is 9.78 Å². The number of nitrogens with zero attached hydrogens (tertiary/aromatic N) is 2.